The van der Waals surface area contributed by atoms with Crippen molar-refractivity contribution < 1.29 is 4.79 Å². The summed E-state index contributed by atoms with van der Waals surface area (Å²) in [5.41, 5.74) is 0. The van der Waals surface area contributed by atoms with E-state index in [1.165, 1.54) is 6.42 Å². The van der Waals surface area contributed by atoms with Crippen LogP contribution in [0.2, 0.25) is 0 Å². The third kappa shape index (κ3) is 0.678. The normalized spacial score (nSPS) is 38.9. The van der Waals surface area contributed by atoms with Crippen LogP contribution in [-0.4, -0.2) is 23.4 Å². The Hall–Kier alpha value is -0.530. The molecule has 0 N–H and O–H groups in total. The Labute approximate surface area is 61.2 Å². The summed E-state index contributed by atoms with van der Waals surface area (Å²) < 4.78 is 0. The molecule has 2 atom stereocenters. The molecule has 0 bridgehead atoms. The van der Waals surface area contributed by atoms with E-state index in [-0.39, 0.29) is 0 Å². The summed E-state index contributed by atoms with van der Waals surface area (Å²) in [6.45, 7) is 3.27. The molecule has 2 aliphatic rings. The second-order valence-electron chi connectivity index (χ2n) is 3.46. The average Bonchev–Trinajstić information content (AvgIpc) is 2.41. The molecule has 0 aliphatic carbocycles. The molecule has 2 fully saturated rings. The van der Waals surface area contributed by atoms with Crippen molar-refractivity contribution >= 4 is 5.91 Å². The molecule has 2 aliphatic heterocycles. The number of rotatable bonds is 0. The molecule has 0 aromatic rings. The lowest BCUT2D eigenvalue weighted by Gasteiger charge is -2.16. The SMILES string of the molecule is C[C@H]1CCN2C(=O)CC[C@@H]12. The van der Waals surface area contributed by atoms with Gasteiger partial charge in [0.2, 0.25) is 5.91 Å². The van der Waals surface area contributed by atoms with E-state index < -0.39 is 0 Å². The van der Waals surface area contributed by atoms with E-state index in [1.807, 2.05) is 0 Å². The highest BCUT2D eigenvalue weighted by atomic mass is 16.2. The highest BCUT2D eigenvalue weighted by Gasteiger charge is 2.38. The van der Waals surface area contributed by atoms with Gasteiger partial charge < -0.3 is 4.90 Å². The van der Waals surface area contributed by atoms with Crippen LogP contribution in [0.1, 0.15) is 26.2 Å². The van der Waals surface area contributed by atoms with E-state index in [1.54, 1.807) is 0 Å². The third-order valence-electron chi connectivity index (χ3n) is 2.86. The van der Waals surface area contributed by atoms with Crippen LogP contribution in [0.15, 0.2) is 0 Å². The zero-order valence-corrected chi connectivity index (χ0v) is 6.34. The summed E-state index contributed by atoms with van der Waals surface area (Å²) in [5.74, 6) is 1.14. The first-order valence-corrected chi connectivity index (χ1v) is 4.08. The predicted molar refractivity (Wildman–Crippen MR) is 38.5 cm³/mol. The molecule has 0 unspecified atom stereocenters. The van der Waals surface area contributed by atoms with Crippen LogP contribution < -0.4 is 0 Å². The van der Waals surface area contributed by atoms with Crippen molar-refractivity contribution in [3.05, 3.63) is 0 Å². The Morgan fingerprint density at radius 1 is 1.50 bits per heavy atom. The zero-order chi connectivity index (χ0) is 7.14. The molecule has 2 saturated heterocycles. The molecule has 2 rings (SSSR count). The molecular weight excluding hydrogens is 126 g/mol. The van der Waals surface area contributed by atoms with Crippen molar-refractivity contribution in [1.82, 2.24) is 4.90 Å². The van der Waals surface area contributed by atoms with Crippen molar-refractivity contribution in [2.24, 2.45) is 5.92 Å². The summed E-state index contributed by atoms with van der Waals surface area (Å²) in [7, 11) is 0. The van der Waals surface area contributed by atoms with E-state index in [4.69, 9.17) is 0 Å². The third-order valence-corrected chi connectivity index (χ3v) is 2.86. The summed E-state index contributed by atoms with van der Waals surface area (Å²) in [6.07, 6.45) is 3.13. The molecule has 2 nitrogen and oxygen atoms in total. The number of hydrogen-bond acceptors (Lipinski definition) is 1. The zero-order valence-electron chi connectivity index (χ0n) is 6.34. The number of nitrogens with zero attached hydrogens (tertiary/aromatic N) is 1. The lowest BCUT2D eigenvalue weighted by molar-refractivity contribution is -0.128. The molecule has 0 aromatic heterocycles. The maximum atomic E-state index is 11.1. The van der Waals surface area contributed by atoms with E-state index in [0.717, 1.165) is 25.3 Å². The molecule has 2 heterocycles. The Morgan fingerprint density at radius 2 is 2.30 bits per heavy atom. The Kier molecular flexibility index (Phi) is 1.22. The van der Waals surface area contributed by atoms with Crippen molar-refractivity contribution in [2.75, 3.05) is 6.54 Å². The fraction of sp³-hybridized carbons (Fsp3) is 0.875. The molecule has 2 heteroatoms. The fourth-order valence-corrected chi connectivity index (χ4v) is 2.17. The smallest absolute Gasteiger partial charge is 0.222 e. The van der Waals surface area contributed by atoms with E-state index in [0.29, 0.717) is 11.9 Å². The minimum atomic E-state index is 0.384. The first-order chi connectivity index (χ1) is 4.79. The first-order valence-electron chi connectivity index (χ1n) is 4.08. The largest absolute Gasteiger partial charge is 0.339 e. The van der Waals surface area contributed by atoms with E-state index >= 15 is 0 Å². The van der Waals surface area contributed by atoms with Gasteiger partial charge in [-0.2, -0.15) is 0 Å². The minimum absolute atomic E-state index is 0.384. The monoisotopic (exact) mass is 139 g/mol. The summed E-state index contributed by atoms with van der Waals surface area (Å²) in [4.78, 5) is 13.2. The summed E-state index contributed by atoms with van der Waals surface area (Å²) in [6, 6.07) is 0.604. The quantitative estimate of drug-likeness (QED) is 0.490. The Morgan fingerprint density at radius 3 is 3.00 bits per heavy atom. The number of amides is 1. The molecule has 0 saturated carbocycles. The maximum Gasteiger partial charge on any atom is 0.222 e. The van der Waals surface area contributed by atoms with Crippen LogP contribution in [0.3, 0.4) is 0 Å². The van der Waals surface area contributed by atoms with Gasteiger partial charge in [-0.3, -0.25) is 4.79 Å². The summed E-state index contributed by atoms with van der Waals surface area (Å²) >= 11 is 0. The Balaban J connectivity index is 2.16. The van der Waals surface area contributed by atoms with Gasteiger partial charge in [0.25, 0.3) is 0 Å². The maximum absolute atomic E-state index is 11.1. The molecule has 56 valence electrons. The topological polar surface area (TPSA) is 20.3 Å². The molecule has 1 amide bonds. The van der Waals surface area contributed by atoms with Gasteiger partial charge in [-0.05, 0) is 18.8 Å². The van der Waals surface area contributed by atoms with Gasteiger partial charge in [-0.15, -0.1) is 0 Å². The van der Waals surface area contributed by atoms with Crippen molar-refractivity contribution in [2.45, 2.75) is 32.2 Å². The van der Waals surface area contributed by atoms with Crippen molar-refractivity contribution in [3.8, 4) is 0 Å². The molecule has 0 aromatic carbocycles. The van der Waals surface area contributed by atoms with E-state index in [2.05, 4.69) is 11.8 Å². The molecule has 10 heavy (non-hydrogen) atoms. The van der Waals surface area contributed by atoms with Crippen LogP contribution >= 0.6 is 0 Å². The molecule has 0 spiro atoms. The number of carbonyl (C=O) groups is 1. The van der Waals surface area contributed by atoms with Crippen molar-refractivity contribution in [1.29, 1.82) is 0 Å². The standard InChI is InChI=1S/C8H13NO/c1-6-4-5-9-7(6)2-3-8(9)10/h6-7H,2-5H2,1H3/t6-,7-/m0/s1. The average molecular weight is 139 g/mol. The number of fused-ring (bicyclic) bond motifs is 1. The second-order valence-corrected chi connectivity index (χ2v) is 3.46. The first kappa shape index (κ1) is 6.20. The van der Waals surface area contributed by atoms with Crippen LogP contribution in [0.5, 0.6) is 0 Å². The molecule has 0 radical (unpaired) electrons. The van der Waals surface area contributed by atoms with Gasteiger partial charge in [0.1, 0.15) is 0 Å². The van der Waals surface area contributed by atoms with Crippen LogP contribution in [0.25, 0.3) is 0 Å². The lowest BCUT2D eigenvalue weighted by Crippen LogP contribution is -2.28. The van der Waals surface area contributed by atoms with Crippen LogP contribution in [0, 0.1) is 5.92 Å². The van der Waals surface area contributed by atoms with Gasteiger partial charge in [-0.25, -0.2) is 0 Å². The second kappa shape index (κ2) is 1.97. The Bertz CT molecular complexity index is 167. The predicted octanol–water partition coefficient (Wildman–Crippen LogP) is 1.02. The highest BCUT2D eigenvalue weighted by Crippen LogP contribution is 2.32. The van der Waals surface area contributed by atoms with Gasteiger partial charge in [-0.1, -0.05) is 6.92 Å². The van der Waals surface area contributed by atoms with Gasteiger partial charge in [0.15, 0.2) is 0 Å². The number of hydrogen-bond donors (Lipinski definition) is 0. The number of carbonyl (C=O) groups excluding carboxylic acids is 1. The summed E-state index contributed by atoms with van der Waals surface area (Å²) in [5, 5.41) is 0. The molecular formula is C8H13NO. The lowest BCUT2D eigenvalue weighted by atomic mass is 10.0. The van der Waals surface area contributed by atoms with Gasteiger partial charge in [0.05, 0.1) is 0 Å². The van der Waals surface area contributed by atoms with Gasteiger partial charge >= 0.3 is 0 Å². The minimum Gasteiger partial charge on any atom is -0.339 e. The van der Waals surface area contributed by atoms with Crippen LogP contribution in [0.4, 0.5) is 0 Å². The van der Waals surface area contributed by atoms with Gasteiger partial charge in [0, 0.05) is 19.0 Å². The highest BCUT2D eigenvalue weighted by molar-refractivity contribution is 5.79. The van der Waals surface area contributed by atoms with Crippen LogP contribution in [-0.2, 0) is 4.79 Å². The van der Waals surface area contributed by atoms with Crippen molar-refractivity contribution in [3.63, 3.8) is 0 Å². The van der Waals surface area contributed by atoms with E-state index in [9.17, 15) is 4.79 Å². The fourth-order valence-electron chi connectivity index (χ4n) is 2.17.